The average molecular weight is 348 g/mol. The Morgan fingerprint density at radius 3 is 2.41 bits per heavy atom. The zero-order valence-electron chi connectivity index (χ0n) is 10.5. The summed E-state index contributed by atoms with van der Waals surface area (Å²) in [6.07, 6.45) is 1.26. The SMILES string of the molecule is CC(C)N(C(=O)Oc1ncccc1I)C(C)C. The van der Waals surface area contributed by atoms with Crippen molar-refractivity contribution < 1.29 is 9.53 Å². The summed E-state index contributed by atoms with van der Waals surface area (Å²) in [5, 5.41) is 0. The van der Waals surface area contributed by atoms with Crippen LogP contribution in [-0.2, 0) is 0 Å². The van der Waals surface area contributed by atoms with Gasteiger partial charge in [-0.15, -0.1) is 0 Å². The second kappa shape index (κ2) is 6.18. The Labute approximate surface area is 116 Å². The molecule has 94 valence electrons. The van der Waals surface area contributed by atoms with Crippen molar-refractivity contribution in [3.63, 3.8) is 0 Å². The minimum atomic E-state index is -0.355. The fourth-order valence-electron chi connectivity index (χ4n) is 1.60. The van der Waals surface area contributed by atoms with E-state index in [1.807, 2.05) is 39.8 Å². The van der Waals surface area contributed by atoms with Gasteiger partial charge >= 0.3 is 6.09 Å². The van der Waals surface area contributed by atoms with E-state index < -0.39 is 0 Å². The van der Waals surface area contributed by atoms with Gasteiger partial charge in [0.2, 0.25) is 5.88 Å². The van der Waals surface area contributed by atoms with Crippen LogP contribution >= 0.6 is 22.6 Å². The molecule has 0 radical (unpaired) electrons. The Morgan fingerprint density at radius 1 is 1.35 bits per heavy atom. The van der Waals surface area contributed by atoms with E-state index in [-0.39, 0.29) is 18.2 Å². The summed E-state index contributed by atoms with van der Waals surface area (Å²) in [5.41, 5.74) is 0. The number of halogens is 1. The summed E-state index contributed by atoms with van der Waals surface area (Å²) in [5.74, 6) is 0.365. The van der Waals surface area contributed by atoms with E-state index in [4.69, 9.17) is 4.74 Å². The fraction of sp³-hybridized carbons (Fsp3) is 0.500. The predicted molar refractivity (Wildman–Crippen MR) is 75.1 cm³/mol. The molecule has 1 aromatic heterocycles. The van der Waals surface area contributed by atoms with Crippen molar-refractivity contribution in [1.29, 1.82) is 0 Å². The highest BCUT2D eigenvalue weighted by molar-refractivity contribution is 14.1. The van der Waals surface area contributed by atoms with Crippen molar-refractivity contribution in [2.45, 2.75) is 39.8 Å². The van der Waals surface area contributed by atoms with Crippen molar-refractivity contribution in [3.05, 3.63) is 21.9 Å². The summed E-state index contributed by atoms with van der Waals surface area (Å²) in [6.45, 7) is 7.85. The maximum absolute atomic E-state index is 12.0. The first kappa shape index (κ1) is 14.2. The number of carbonyl (C=O) groups is 1. The lowest BCUT2D eigenvalue weighted by Gasteiger charge is -2.29. The van der Waals surface area contributed by atoms with Crippen LogP contribution in [0.1, 0.15) is 27.7 Å². The number of carbonyl (C=O) groups excluding carboxylic acids is 1. The van der Waals surface area contributed by atoms with Crippen molar-refractivity contribution in [2.75, 3.05) is 0 Å². The number of amides is 1. The first-order valence-electron chi connectivity index (χ1n) is 5.54. The molecule has 0 bridgehead atoms. The lowest BCUT2D eigenvalue weighted by molar-refractivity contribution is 0.121. The standard InChI is InChI=1S/C12H17IN2O2/c1-8(2)15(9(3)4)12(16)17-11-10(13)6-5-7-14-11/h5-9H,1-4H3. The van der Waals surface area contributed by atoms with Gasteiger partial charge in [0.05, 0.1) is 3.57 Å². The molecule has 0 aliphatic heterocycles. The first-order chi connectivity index (χ1) is 7.93. The Kier molecular flexibility index (Phi) is 5.17. The Balaban J connectivity index is 2.81. The zero-order valence-corrected chi connectivity index (χ0v) is 12.6. The number of hydrogen-bond acceptors (Lipinski definition) is 3. The third-order valence-corrected chi connectivity index (χ3v) is 3.05. The number of nitrogens with zero attached hydrogens (tertiary/aromatic N) is 2. The number of ether oxygens (including phenoxy) is 1. The van der Waals surface area contributed by atoms with Crippen molar-refractivity contribution in [3.8, 4) is 5.88 Å². The van der Waals surface area contributed by atoms with Gasteiger partial charge in [0.25, 0.3) is 0 Å². The highest BCUT2D eigenvalue weighted by Gasteiger charge is 2.23. The quantitative estimate of drug-likeness (QED) is 0.788. The highest BCUT2D eigenvalue weighted by Crippen LogP contribution is 2.18. The van der Waals surface area contributed by atoms with Crippen LogP contribution in [0.5, 0.6) is 5.88 Å². The molecule has 0 fully saturated rings. The third kappa shape index (κ3) is 3.83. The van der Waals surface area contributed by atoms with Gasteiger partial charge in [0.15, 0.2) is 0 Å². The average Bonchev–Trinajstić information content (AvgIpc) is 2.20. The van der Waals surface area contributed by atoms with Crippen LogP contribution in [-0.4, -0.2) is 28.1 Å². The summed E-state index contributed by atoms with van der Waals surface area (Å²) in [7, 11) is 0. The first-order valence-corrected chi connectivity index (χ1v) is 6.62. The van der Waals surface area contributed by atoms with E-state index in [1.165, 1.54) is 0 Å². The molecular formula is C12H17IN2O2. The number of pyridine rings is 1. The van der Waals surface area contributed by atoms with E-state index >= 15 is 0 Å². The van der Waals surface area contributed by atoms with E-state index in [1.54, 1.807) is 11.1 Å². The molecule has 0 aliphatic carbocycles. The number of hydrogen-bond donors (Lipinski definition) is 0. The second-order valence-corrected chi connectivity index (χ2v) is 5.42. The topological polar surface area (TPSA) is 42.4 Å². The molecule has 5 heteroatoms. The monoisotopic (exact) mass is 348 g/mol. The van der Waals surface area contributed by atoms with Crippen molar-refractivity contribution in [1.82, 2.24) is 9.88 Å². The second-order valence-electron chi connectivity index (χ2n) is 4.25. The number of aromatic nitrogens is 1. The van der Waals surface area contributed by atoms with E-state index in [9.17, 15) is 4.79 Å². The molecule has 0 saturated carbocycles. The molecule has 1 heterocycles. The molecule has 1 aromatic rings. The molecule has 0 atom stereocenters. The Morgan fingerprint density at radius 2 is 1.94 bits per heavy atom. The molecule has 0 unspecified atom stereocenters. The summed E-state index contributed by atoms with van der Waals surface area (Å²) < 4.78 is 6.12. The Hall–Kier alpha value is -0.850. The van der Waals surface area contributed by atoms with Crippen LogP contribution in [0.15, 0.2) is 18.3 Å². The number of rotatable bonds is 3. The van der Waals surface area contributed by atoms with Gasteiger partial charge in [-0.25, -0.2) is 9.78 Å². The molecule has 0 aliphatic rings. The zero-order chi connectivity index (χ0) is 13.0. The van der Waals surface area contributed by atoms with Crippen LogP contribution in [0.25, 0.3) is 0 Å². The third-order valence-electron chi connectivity index (χ3n) is 2.23. The van der Waals surface area contributed by atoms with Gasteiger partial charge in [-0.2, -0.15) is 0 Å². The van der Waals surface area contributed by atoms with E-state index in [2.05, 4.69) is 27.6 Å². The van der Waals surface area contributed by atoms with Crippen LogP contribution in [0.4, 0.5) is 4.79 Å². The van der Waals surface area contributed by atoms with Crippen LogP contribution < -0.4 is 4.74 Å². The lowest BCUT2D eigenvalue weighted by atomic mass is 10.2. The van der Waals surface area contributed by atoms with Crippen molar-refractivity contribution >= 4 is 28.7 Å². The largest absolute Gasteiger partial charge is 0.417 e. The maximum Gasteiger partial charge on any atom is 0.417 e. The Bertz CT molecular complexity index is 386. The molecule has 0 N–H and O–H groups in total. The van der Waals surface area contributed by atoms with Gasteiger partial charge in [0.1, 0.15) is 0 Å². The normalized spacial score (nSPS) is 10.8. The van der Waals surface area contributed by atoms with Gasteiger partial charge in [0, 0.05) is 18.3 Å². The summed E-state index contributed by atoms with van der Waals surface area (Å²) >= 11 is 2.09. The van der Waals surface area contributed by atoms with Gasteiger partial charge < -0.3 is 9.64 Å². The lowest BCUT2D eigenvalue weighted by Crippen LogP contribution is -2.43. The van der Waals surface area contributed by atoms with Crippen molar-refractivity contribution in [2.24, 2.45) is 0 Å². The minimum Gasteiger partial charge on any atom is -0.390 e. The summed E-state index contributed by atoms with van der Waals surface area (Å²) in [6, 6.07) is 3.86. The summed E-state index contributed by atoms with van der Waals surface area (Å²) in [4.78, 5) is 17.7. The smallest absolute Gasteiger partial charge is 0.390 e. The van der Waals surface area contributed by atoms with Gasteiger partial charge in [-0.3, -0.25) is 0 Å². The predicted octanol–water partition coefficient (Wildman–Crippen LogP) is 3.30. The highest BCUT2D eigenvalue weighted by atomic mass is 127. The molecule has 1 rings (SSSR count). The molecule has 4 nitrogen and oxygen atoms in total. The molecule has 0 aromatic carbocycles. The van der Waals surface area contributed by atoms with Crippen LogP contribution in [0.2, 0.25) is 0 Å². The maximum atomic E-state index is 12.0. The van der Waals surface area contributed by atoms with Crippen LogP contribution in [0, 0.1) is 3.57 Å². The molecule has 0 spiro atoms. The molecular weight excluding hydrogens is 331 g/mol. The van der Waals surface area contributed by atoms with Gasteiger partial charge in [-0.05, 0) is 62.4 Å². The molecule has 1 amide bonds. The fourth-order valence-corrected chi connectivity index (χ4v) is 2.06. The van der Waals surface area contributed by atoms with E-state index in [0.717, 1.165) is 3.57 Å². The van der Waals surface area contributed by atoms with Gasteiger partial charge in [-0.1, -0.05) is 0 Å². The minimum absolute atomic E-state index is 0.101. The molecule has 17 heavy (non-hydrogen) atoms. The molecule has 0 saturated heterocycles. The van der Waals surface area contributed by atoms with Crippen LogP contribution in [0.3, 0.4) is 0 Å². The van der Waals surface area contributed by atoms with E-state index in [0.29, 0.717) is 5.88 Å².